The standard InChI is InChI=1S/C30H31ClFN5O2.2ClH/c31-25-15-24-28(27(32)26(25)23-14-21(38)13-18-5-1-2-6-22(18)23)34-30(39-12-11-36-9-3-4-10-36)35-29(24)37-16-19-7-8-20(17-37)33-19;;/h1-2,5-6,13-15,19-20,33,38H,3-4,7-12,16-17H2;2*1H/t19-,20+;;. The Kier molecular flexibility index (Phi) is 8.97. The first kappa shape index (κ1) is 29.9. The van der Waals surface area contributed by atoms with Gasteiger partial charge in [-0.3, -0.25) is 4.90 Å². The number of benzene rings is 3. The third kappa shape index (κ3) is 5.73. The number of aromatic nitrogens is 2. The summed E-state index contributed by atoms with van der Waals surface area (Å²) in [6.45, 7) is 4.95. The van der Waals surface area contributed by atoms with Crippen molar-refractivity contribution in [2.75, 3.05) is 44.2 Å². The number of hydrogen-bond acceptors (Lipinski definition) is 7. The summed E-state index contributed by atoms with van der Waals surface area (Å²) in [4.78, 5) is 14.0. The number of fused-ring (bicyclic) bond motifs is 4. The second-order valence-corrected chi connectivity index (χ2v) is 11.3. The number of nitrogens with zero attached hydrogens (tertiary/aromatic N) is 4. The number of halogens is 4. The first-order chi connectivity index (χ1) is 19.0. The van der Waals surface area contributed by atoms with Gasteiger partial charge in [0.2, 0.25) is 0 Å². The summed E-state index contributed by atoms with van der Waals surface area (Å²) in [6, 6.07) is 13.5. The van der Waals surface area contributed by atoms with E-state index >= 15 is 4.39 Å². The summed E-state index contributed by atoms with van der Waals surface area (Å²) in [5.41, 5.74) is 0.907. The molecule has 41 heavy (non-hydrogen) atoms. The number of likely N-dealkylation sites (tertiary alicyclic amines) is 1. The van der Waals surface area contributed by atoms with E-state index in [0.717, 1.165) is 56.3 Å². The van der Waals surface area contributed by atoms with E-state index < -0.39 is 5.82 Å². The van der Waals surface area contributed by atoms with Crippen LogP contribution in [0.15, 0.2) is 42.5 Å². The average Bonchev–Trinajstić information content (AvgIpc) is 3.57. The maximum Gasteiger partial charge on any atom is 0.319 e. The first-order valence-electron chi connectivity index (χ1n) is 13.8. The molecule has 7 rings (SSSR count). The fourth-order valence-corrected chi connectivity index (χ4v) is 6.75. The molecule has 0 spiro atoms. The number of ether oxygens (including phenoxy) is 1. The van der Waals surface area contributed by atoms with E-state index in [2.05, 4.69) is 20.1 Å². The van der Waals surface area contributed by atoms with Crippen LogP contribution in [0.25, 0.3) is 32.8 Å². The van der Waals surface area contributed by atoms with Crippen LogP contribution in [-0.2, 0) is 0 Å². The molecule has 4 aromatic rings. The van der Waals surface area contributed by atoms with Gasteiger partial charge in [-0.1, -0.05) is 35.9 Å². The zero-order chi connectivity index (χ0) is 26.5. The van der Waals surface area contributed by atoms with Gasteiger partial charge in [-0.15, -0.1) is 24.8 Å². The molecular formula is C30H33Cl3FN5O2. The molecule has 0 unspecified atom stereocenters. The number of phenolic OH excluding ortho intramolecular Hbond substituents is 1. The van der Waals surface area contributed by atoms with E-state index in [1.807, 2.05) is 24.3 Å². The van der Waals surface area contributed by atoms with Crippen LogP contribution >= 0.6 is 36.4 Å². The number of aromatic hydroxyl groups is 1. The quantitative estimate of drug-likeness (QED) is 0.266. The van der Waals surface area contributed by atoms with Gasteiger partial charge in [0.1, 0.15) is 23.7 Å². The fraction of sp³-hybridized carbons (Fsp3) is 0.400. The van der Waals surface area contributed by atoms with E-state index in [1.165, 1.54) is 12.8 Å². The van der Waals surface area contributed by atoms with E-state index in [-0.39, 0.29) is 52.7 Å². The lowest BCUT2D eigenvalue weighted by atomic mass is 9.96. The van der Waals surface area contributed by atoms with Gasteiger partial charge in [-0.05, 0) is 73.3 Å². The highest BCUT2D eigenvalue weighted by Crippen LogP contribution is 2.42. The second kappa shape index (κ2) is 12.3. The molecule has 3 aromatic carbocycles. The van der Waals surface area contributed by atoms with Crippen LogP contribution in [0.1, 0.15) is 25.7 Å². The Morgan fingerprint density at radius 2 is 1.73 bits per heavy atom. The number of phenols is 1. The Morgan fingerprint density at radius 3 is 2.49 bits per heavy atom. The summed E-state index contributed by atoms with van der Waals surface area (Å²) in [6.07, 6.45) is 4.65. The Bertz CT molecular complexity index is 1560. The molecule has 3 fully saturated rings. The normalized spacial score (nSPS) is 20.3. The molecule has 0 saturated carbocycles. The molecule has 1 aromatic heterocycles. The Labute approximate surface area is 255 Å². The van der Waals surface area contributed by atoms with Gasteiger partial charge in [0.05, 0.1) is 5.02 Å². The van der Waals surface area contributed by atoms with E-state index in [4.69, 9.17) is 21.3 Å². The monoisotopic (exact) mass is 619 g/mol. The van der Waals surface area contributed by atoms with Gasteiger partial charge in [0.15, 0.2) is 5.82 Å². The van der Waals surface area contributed by atoms with Crippen LogP contribution in [0.2, 0.25) is 5.02 Å². The van der Waals surface area contributed by atoms with E-state index in [0.29, 0.717) is 35.5 Å². The molecule has 11 heteroatoms. The summed E-state index contributed by atoms with van der Waals surface area (Å²) in [7, 11) is 0. The van der Waals surface area contributed by atoms with Crippen LogP contribution in [0.3, 0.4) is 0 Å². The molecule has 2 N–H and O–H groups in total. The highest BCUT2D eigenvalue weighted by molar-refractivity contribution is 6.35. The summed E-state index contributed by atoms with van der Waals surface area (Å²) >= 11 is 6.83. The Morgan fingerprint density at radius 1 is 1.00 bits per heavy atom. The second-order valence-electron chi connectivity index (χ2n) is 10.9. The van der Waals surface area contributed by atoms with Crippen molar-refractivity contribution in [3.8, 4) is 22.9 Å². The predicted octanol–water partition coefficient (Wildman–Crippen LogP) is 6.21. The summed E-state index contributed by atoms with van der Waals surface area (Å²) in [5, 5.41) is 16.5. The van der Waals surface area contributed by atoms with Crippen LogP contribution in [0, 0.1) is 5.82 Å². The minimum atomic E-state index is -0.542. The predicted molar refractivity (Wildman–Crippen MR) is 167 cm³/mol. The number of piperazine rings is 1. The molecule has 2 atom stereocenters. The van der Waals surface area contributed by atoms with Gasteiger partial charge in [0.25, 0.3) is 0 Å². The van der Waals surface area contributed by atoms with Crippen molar-refractivity contribution in [3.63, 3.8) is 0 Å². The van der Waals surface area contributed by atoms with Gasteiger partial charge >= 0.3 is 6.01 Å². The van der Waals surface area contributed by atoms with Gasteiger partial charge in [-0.2, -0.15) is 9.97 Å². The largest absolute Gasteiger partial charge is 0.508 e. The van der Waals surface area contributed by atoms with Gasteiger partial charge in [-0.25, -0.2) is 4.39 Å². The molecule has 0 amide bonds. The number of nitrogens with one attached hydrogen (secondary N) is 1. The average molecular weight is 621 g/mol. The van der Waals surface area contributed by atoms with Crippen LogP contribution in [0.5, 0.6) is 11.8 Å². The molecule has 7 nitrogen and oxygen atoms in total. The minimum absolute atomic E-state index is 0. The molecule has 3 aliphatic heterocycles. The summed E-state index contributed by atoms with van der Waals surface area (Å²) in [5.74, 6) is 0.159. The zero-order valence-electron chi connectivity index (χ0n) is 22.5. The maximum absolute atomic E-state index is 16.6. The van der Waals surface area contributed by atoms with Gasteiger partial charge in [0, 0.05) is 42.7 Å². The number of anilines is 1. The van der Waals surface area contributed by atoms with Crippen molar-refractivity contribution in [1.29, 1.82) is 0 Å². The SMILES string of the molecule is Cl.Cl.Oc1cc(-c2c(Cl)cc3c(N4C[C@H]5CC[C@@H](C4)N5)nc(OCCN4CCCC4)nc3c2F)c2ccccc2c1. The van der Waals surface area contributed by atoms with E-state index in [1.54, 1.807) is 18.2 Å². The third-order valence-corrected chi connectivity index (χ3v) is 8.61. The van der Waals surface area contributed by atoms with Crippen molar-refractivity contribution in [2.24, 2.45) is 0 Å². The molecule has 3 saturated heterocycles. The highest BCUT2D eigenvalue weighted by Gasteiger charge is 2.34. The molecule has 3 aliphatic rings. The van der Waals surface area contributed by atoms with E-state index in [9.17, 15) is 5.11 Å². The molecule has 0 radical (unpaired) electrons. The lowest BCUT2D eigenvalue weighted by Gasteiger charge is -2.34. The maximum atomic E-state index is 16.6. The van der Waals surface area contributed by atoms with Crippen molar-refractivity contribution >= 4 is 63.9 Å². The van der Waals surface area contributed by atoms with Crippen molar-refractivity contribution < 1.29 is 14.2 Å². The Hall–Kier alpha value is -2.62. The molecule has 218 valence electrons. The molecule has 0 aliphatic carbocycles. The third-order valence-electron chi connectivity index (χ3n) is 8.31. The summed E-state index contributed by atoms with van der Waals surface area (Å²) < 4.78 is 22.6. The molecule has 2 bridgehead atoms. The molecule has 4 heterocycles. The topological polar surface area (TPSA) is 73.8 Å². The highest BCUT2D eigenvalue weighted by atomic mass is 35.5. The van der Waals surface area contributed by atoms with Crippen LogP contribution in [0.4, 0.5) is 10.2 Å². The van der Waals surface area contributed by atoms with Gasteiger partial charge < -0.3 is 20.1 Å². The lowest BCUT2D eigenvalue weighted by Crippen LogP contribution is -2.51. The minimum Gasteiger partial charge on any atom is -0.508 e. The fourth-order valence-electron chi connectivity index (χ4n) is 6.46. The number of rotatable bonds is 6. The first-order valence-corrected chi connectivity index (χ1v) is 14.2. The van der Waals surface area contributed by atoms with Crippen molar-refractivity contribution in [1.82, 2.24) is 20.2 Å². The smallest absolute Gasteiger partial charge is 0.319 e. The Balaban J connectivity index is 0.00000169. The van der Waals surface area contributed by atoms with Crippen LogP contribution in [-0.4, -0.2) is 71.4 Å². The number of hydrogen-bond donors (Lipinski definition) is 2. The lowest BCUT2D eigenvalue weighted by molar-refractivity contribution is 0.226. The van der Waals surface area contributed by atoms with Crippen molar-refractivity contribution in [3.05, 3.63) is 53.3 Å². The molecular weight excluding hydrogens is 588 g/mol. The zero-order valence-corrected chi connectivity index (χ0v) is 24.9. The van der Waals surface area contributed by atoms with Crippen molar-refractivity contribution in [2.45, 2.75) is 37.8 Å². The van der Waals surface area contributed by atoms with Crippen LogP contribution < -0.4 is 15.0 Å².